The summed E-state index contributed by atoms with van der Waals surface area (Å²) in [6.07, 6.45) is -2.59. The molecule has 1 aliphatic heterocycles. The zero-order valence-corrected chi connectivity index (χ0v) is 11.5. The lowest BCUT2D eigenvalue weighted by Crippen LogP contribution is -2.49. The second-order valence-corrected chi connectivity index (χ2v) is 6.47. The van der Waals surface area contributed by atoms with Gasteiger partial charge in [0, 0.05) is 18.9 Å². The minimum Gasteiger partial charge on any atom is -0.348 e. The maximum absolute atomic E-state index is 12.0. The molecule has 1 spiro atoms. The molecule has 6 nitrogen and oxygen atoms in total. The van der Waals surface area contributed by atoms with Crippen molar-refractivity contribution in [2.75, 3.05) is 19.8 Å². The van der Waals surface area contributed by atoms with Gasteiger partial charge in [-0.1, -0.05) is 0 Å². The van der Waals surface area contributed by atoms with Crippen molar-refractivity contribution < 1.29 is 31.1 Å². The number of alkyl halides is 3. The minimum absolute atomic E-state index is 0.404. The largest absolute Gasteiger partial charge is 0.402 e. The molecule has 1 saturated carbocycles. The highest BCUT2D eigenvalue weighted by molar-refractivity contribution is 7.87. The third-order valence-corrected chi connectivity index (χ3v) is 4.51. The van der Waals surface area contributed by atoms with E-state index in [4.69, 9.17) is 9.47 Å². The predicted octanol–water partition coefficient (Wildman–Crippen LogP) is 0.658. The van der Waals surface area contributed by atoms with Crippen LogP contribution in [-0.2, 0) is 19.7 Å². The van der Waals surface area contributed by atoms with Crippen LogP contribution in [0.25, 0.3) is 0 Å². The Morgan fingerprint density at radius 2 is 1.70 bits per heavy atom. The summed E-state index contributed by atoms with van der Waals surface area (Å²) in [6, 6.07) is -0.404. The van der Waals surface area contributed by atoms with Crippen molar-refractivity contribution in [3.8, 4) is 0 Å². The lowest BCUT2D eigenvalue weighted by molar-refractivity contribution is -0.178. The summed E-state index contributed by atoms with van der Waals surface area (Å²) in [4.78, 5) is 0. The molecule has 118 valence electrons. The molecule has 0 aromatic carbocycles. The molecule has 0 aromatic rings. The predicted molar refractivity (Wildman–Crippen MR) is 63.0 cm³/mol. The molecule has 1 saturated heterocycles. The number of halogens is 3. The highest BCUT2D eigenvalue weighted by Gasteiger charge is 2.41. The monoisotopic (exact) mass is 318 g/mol. The van der Waals surface area contributed by atoms with Crippen molar-refractivity contribution in [1.82, 2.24) is 9.44 Å². The first-order valence-electron chi connectivity index (χ1n) is 6.31. The van der Waals surface area contributed by atoms with E-state index in [0.29, 0.717) is 38.9 Å². The average molecular weight is 318 g/mol. The molecular formula is C10H17F3N2O4S. The Labute approximate surface area is 115 Å². The van der Waals surface area contributed by atoms with Crippen LogP contribution in [0.3, 0.4) is 0 Å². The van der Waals surface area contributed by atoms with Gasteiger partial charge in [-0.25, -0.2) is 0 Å². The van der Waals surface area contributed by atoms with E-state index < -0.39 is 34.8 Å². The van der Waals surface area contributed by atoms with E-state index in [2.05, 4.69) is 4.72 Å². The molecule has 0 bridgehead atoms. The fourth-order valence-corrected chi connectivity index (χ4v) is 3.51. The third kappa shape index (κ3) is 4.55. The van der Waals surface area contributed by atoms with Crippen molar-refractivity contribution in [2.24, 2.45) is 0 Å². The Hall–Kier alpha value is -0.420. The van der Waals surface area contributed by atoms with Gasteiger partial charge in [0.1, 0.15) is 6.54 Å². The van der Waals surface area contributed by atoms with Crippen LogP contribution in [0.1, 0.15) is 25.7 Å². The number of hydrogen-bond acceptors (Lipinski definition) is 4. The molecule has 0 unspecified atom stereocenters. The second-order valence-electron chi connectivity index (χ2n) is 4.94. The summed E-state index contributed by atoms with van der Waals surface area (Å²) in [5.41, 5.74) is 0. The van der Waals surface area contributed by atoms with Crippen LogP contribution < -0.4 is 9.44 Å². The summed E-state index contributed by atoms with van der Waals surface area (Å²) in [5.74, 6) is -0.624. The van der Waals surface area contributed by atoms with E-state index >= 15 is 0 Å². The number of ether oxygens (including phenoxy) is 2. The maximum Gasteiger partial charge on any atom is 0.402 e. The molecule has 0 aromatic heterocycles. The van der Waals surface area contributed by atoms with Gasteiger partial charge in [-0.05, 0) is 12.8 Å². The fourth-order valence-electron chi connectivity index (χ4n) is 2.40. The van der Waals surface area contributed by atoms with Crippen LogP contribution in [0.2, 0.25) is 0 Å². The first-order chi connectivity index (χ1) is 9.20. The van der Waals surface area contributed by atoms with Gasteiger partial charge < -0.3 is 9.47 Å². The zero-order chi connectivity index (χ0) is 14.9. The van der Waals surface area contributed by atoms with Gasteiger partial charge >= 0.3 is 6.18 Å². The van der Waals surface area contributed by atoms with Gasteiger partial charge in [0.05, 0.1) is 13.2 Å². The Morgan fingerprint density at radius 3 is 2.20 bits per heavy atom. The lowest BCUT2D eigenvalue weighted by Gasteiger charge is -2.35. The van der Waals surface area contributed by atoms with E-state index in [0.717, 1.165) is 0 Å². The number of nitrogens with one attached hydrogen (secondary N) is 2. The van der Waals surface area contributed by atoms with Crippen LogP contribution in [0, 0.1) is 0 Å². The molecule has 10 heteroatoms. The van der Waals surface area contributed by atoms with Crippen molar-refractivity contribution in [3.63, 3.8) is 0 Å². The number of rotatable bonds is 4. The highest BCUT2D eigenvalue weighted by Crippen LogP contribution is 2.35. The Bertz CT molecular complexity index is 424. The van der Waals surface area contributed by atoms with Gasteiger partial charge in [-0.2, -0.15) is 31.0 Å². The molecule has 0 atom stereocenters. The summed E-state index contributed by atoms with van der Waals surface area (Å²) < 4.78 is 73.6. The molecule has 1 aliphatic carbocycles. The second kappa shape index (κ2) is 5.76. The molecule has 2 rings (SSSR count). The first-order valence-corrected chi connectivity index (χ1v) is 7.80. The van der Waals surface area contributed by atoms with Crippen LogP contribution >= 0.6 is 0 Å². The molecule has 2 aliphatic rings. The van der Waals surface area contributed by atoms with Crippen LogP contribution in [0.5, 0.6) is 0 Å². The lowest BCUT2D eigenvalue weighted by atomic mass is 9.91. The van der Waals surface area contributed by atoms with Gasteiger partial charge in [-0.3, -0.25) is 0 Å². The molecule has 20 heavy (non-hydrogen) atoms. The molecule has 1 heterocycles. The average Bonchev–Trinajstić information content (AvgIpc) is 2.78. The zero-order valence-electron chi connectivity index (χ0n) is 10.7. The van der Waals surface area contributed by atoms with E-state index in [1.165, 1.54) is 4.72 Å². The van der Waals surface area contributed by atoms with Gasteiger partial charge in [0.25, 0.3) is 10.2 Å². The van der Waals surface area contributed by atoms with Gasteiger partial charge in [0.15, 0.2) is 5.79 Å². The van der Waals surface area contributed by atoms with E-state index in [-0.39, 0.29) is 0 Å². The van der Waals surface area contributed by atoms with Crippen molar-refractivity contribution in [1.29, 1.82) is 0 Å². The summed E-state index contributed by atoms with van der Waals surface area (Å²) in [6.45, 7) is -0.543. The van der Waals surface area contributed by atoms with E-state index in [1.54, 1.807) is 0 Å². The van der Waals surface area contributed by atoms with Crippen molar-refractivity contribution in [3.05, 3.63) is 0 Å². The van der Waals surface area contributed by atoms with Gasteiger partial charge in [0.2, 0.25) is 0 Å². The Morgan fingerprint density at radius 1 is 1.15 bits per heavy atom. The maximum atomic E-state index is 12.0. The highest BCUT2D eigenvalue weighted by atomic mass is 32.2. The SMILES string of the molecule is O=S(=O)(NCC(F)(F)F)NC1CCC2(CC1)OCCO2. The quantitative estimate of drug-likeness (QED) is 0.798. The molecule has 2 fully saturated rings. The molecule has 0 amide bonds. The Kier molecular flexibility index (Phi) is 4.59. The minimum atomic E-state index is -4.57. The fraction of sp³-hybridized carbons (Fsp3) is 1.00. The molecule has 0 radical (unpaired) electrons. The summed E-state index contributed by atoms with van der Waals surface area (Å²) in [5, 5.41) is 0. The van der Waals surface area contributed by atoms with Crippen LogP contribution in [0.15, 0.2) is 0 Å². The van der Waals surface area contributed by atoms with Crippen molar-refractivity contribution >= 4 is 10.2 Å². The van der Waals surface area contributed by atoms with Crippen LogP contribution in [0.4, 0.5) is 13.2 Å². The van der Waals surface area contributed by atoms with E-state index in [9.17, 15) is 21.6 Å². The first kappa shape index (κ1) is 16.0. The van der Waals surface area contributed by atoms with E-state index in [1.807, 2.05) is 0 Å². The molecular weight excluding hydrogens is 301 g/mol. The van der Waals surface area contributed by atoms with Crippen molar-refractivity contribution in [2.45, 2.75) is 43.7 Å². The van der Waals surface area contributed by atoms with Crippen LogP contribution in [-0.4, -0.2) is 46.2 Å². The van der Waals surface area contributed by atoms with Gasteiger partial charge in [-0.15, -0.1) is 0 Å². The Balaban J connectivity index is 1.79. The number of hydrogen-bond donors (Lipinski definition) is 2. The third-order valence-electron chi connectivity index (χ3n) is 3.35. The smallest absolute Gasteiger partial charge is 0.348 e. The molecule has 2 N–H and O–H groups in total. The normalized spacial score (nSPS) is 24.4. The standard InChI is InChI=1S/C10H17F3N2O4S/c11-10(12,13)7-14-20(16,17)15-8-1-3-9(4-2-8)18-5-6-19-9/h8,14-15H,1-7H2. The summed E-state index contributed by atoms with van der Waals surface area (Å²) >= 11 is 0. The summed E-state index contributed by atoms with van der Waals surface area (Å²) in [7, 11) is -4.15. The topological polar surface area (TPSA) is 76.7 Å².